The van der Waals surface area contributed by atoms with Crippen LogP contribution in [0, 0.1) is 17.2 Å². The number of aliphatic carboxylic acids is 1. The third-order valence-electron chi connectivity index (χ3n) is 5.40. The molecule has 2 heterocycles. The molecule has 1 N–H and O–H groups in total. The van der Waals surface area contributed by atoms with E-state index in [0.29, 0.717) is 13.1 Å². The number of carbonyl (C=O) groups is 1. The van der Waals surface area contributed by atoms with Gasteiger partial charge in [0.25, 0.3) is 0 Å². The summed E-state index contributed by atoms with van der Waals surface area (Å²) in [7, 11) is 1.85. The molecule has 1 aromatic heterocycles. The highest BCUT2D eigenvalue weighted by atomic mass is 19.1. The minimum atomic E-state index is -0.692. The first-order chi connectivity index (χ1) is 10.5. The average molecular weight is 303 g/mol. The van der Waals surface area contributed by atoms with E-state index in [4.69, 9.17) is 0 Å². The molecule has 2 aromatic rings. The molecule has 116 valence electrons. The molecule has 0 bridgehead atoms. The number of nitrogens with zero attached hydrogens (tertiary/aromatic N) is 3. The first kappa shape index (κ1) is 13.5. The summed E-state index contributed by atoms with van der Waals surface area (Å²) < 4.78 is 15.3. The van der Waals surface area contributed by atoms with Crippen molar-refractivity contribution in [1.82, 2.24) is 9.55 Å². The fourth-order valence-electron chi connectivity index (χ4n) is 4.22. The van der Waals surface area contributed by atoms with Crippen LogP contribution in [0.25, 0.3) is 11.0 Å². The summed E-state index contributed by atoms with van der Waals surface area (Å²) in [4.78, 5) is 18.4. The molecule has 1 aliphatic carbocycles. The molecular weight excluding hydrogens is 285 g/mol. The molecule has 22 heavy (non-hydrogen) atoms. The minimum Gasteiger partial charge on any atom is -0.481 e. The van der Waals surface area contributed by atoms with Gasteiger partial charge in [0.1, 0.15) is 5.82 Å². The summed E-state index contributed by atoms with van der Waals surface area (Å²) in [5, 5.41) is 9.68. The quantitative estimate of drug-likeness (QED) is 0.925. The van der Waals surface area contributed by atoms with Crippen LogP contribution in [0.1, 0.15) is 19.3 Å². The monoisotopic (exact) mass is 303 g/mol. The number of benzene rings is 1. The predicted octanol–water partition coefficient (Wildman–Crippen LogP) is 2.40. The Labute approximate surface area is 127 Å². The lowest BCUT2D eigenvalue weighted by Crippen LogP contribution is -2.36. The number of carboxylic acids is 1. The van der Waals surface area contributed by atoms with Crippen LogP contribution >= 0.6 is 0 Å². The molecule has 2 fully saturated rings. The second-order valence-corrected chi connectivity index (χ2v) is 6.53. The van der Waals surface area contributed by atoms with Gasteiger partial charge in [0.2, 0.25) is 5.95 Å². The molecule has 0 spiro atoms. The van der Waals surface area contributed by atoms with Gasteiger partial charge in [-0.25, -0.2) is 9.37 Å². The van der Waals surface area contributed by atoms with Gasteiger partial charge in [-0.2, -0.15) is 0 Å². The summed E-state index contributed by atoms with van der Waals surface area (Å²) in [5.41, 5.74) is 0.834. The van der Waals surface area contributed by atoms with E-state index in [1.165, 1.54) is 12.1 Å². The SMILES string of the molecule is Cn1c(N2C[C@@H]3CCC[C@@]3(C(=O)O)C2)nc2ccc(F)cc21. The number of hydrogen-bond donors (Lipinski definition) is 1. The molecule has 1 aromatic carbocycles. The normalized spacial score (nSPS) is 27.5. The number of hydrogen-bond acceptors (Lipinski definition) is 3. The lowest BCUT2D eigenvalue weighted by Gasteiger charge is -2.23. The van der Waals surface area contributed by atoms with Crippen molar-refractivity contribution in [2.24, 2.45) is 18.4 Å². The molecule has 2 atom stereocenters. The van der Waals surface area contributed by atoms with E-state index in [9.17, 15) is 14.3 Å². The molecule has 1 saturated carbocycles. The number of fused-ring (bicyclic) bond motifs is 2. The van der Waals surface area contributed by atoms with Crippen molar-refractivity contribution in [3.8, 4) is 0 Å². The van der Waals surface area contributed by atoms with E-state index in [0.717, 1.165) is 36.2 Å². The first-order valence-corrected chi connectivity index (χ1v) is 7.61. The van der Waals surface area contributed by atoms with Crippen molar-refractivity contribution in [3.05, 3.63) is 24.0 Å². The summed E-state index contributed by atoms with van der Waals surface area (Å²) in [5.74, 6) is -0.0678. The highest BCUT2D eigenvalue weighted by molar-refractivity contribution is 5.80. The summed E-state index contributed by atoms with van der Waals surface area (Å²) in [6.45, 7) is 1.21. The molecule has 1 saturated heterocycles. The smallest absolute Gasteiger partial charge is 0.311 e. The molecule has 6 heteroatoms. The first-order valence-electron chi connectivity index (χ1n) is 7.61. The predicted molar refractivity (Wildman–Crippen MR) is 80.3 cm³/mol. The molecule has 1 aliphatic heterocycles. The maximum Gasteiger partial charge on any atom is 0.311 e. The van der Waals surface area contributed by atoms with Gasteiger partial charge < -0.3 is 14.6 Å². The Balaban J connectivity index is 1.75. The second-order valence-electron chi connectivity index (χ2n) is 6.53. The topological polar surface area (TPSA) is 58.4 Å². The molecule has 2 aliphatic rings. The van der Waals surface area contributed by atoms with Gasteiger partial charge in [-0.3, -0.25) is 4.79 Å². The Hall–Kier alpha value is -2.11. The van der Waals surface area contributed by atoms with Gasteiger partial charge in [-0.15, -0.1) is 0 Å². The Morgan fingerprint density at radius 1 is 1.50 bits per heavy atom. The number of rotatable bonds is 2. The van der Waals surface area contributed by atoms with Crippen LogP contribution in [-0.2, 0) is 11.8 Å². The van der Waals surface area contributed by atoms with Gasteiger partial charge >= 0.3 is 5.97 Å². The van der Waals surface area contributed by atoms with Crippen LogP contribution in [0.2, 0.25) is 0 Å². The second kappa shape index (κ2) is 4.44. The number of carboxylic acid groups (broad SMARTS) is 1. The standard InChI is InChI=1S/C16H18FN3O2/c1-19-13-7-11(17)4-5-12(13)18-15(19)20-8-10-3-2-6-16(10,9-20)14(21)22/h4-5,7,10H,2-3,6,8-9H2,1H3,(H,21,22)/t10-,16+/m0/s1. The van der Waals surface area contributed by atoms with E-state index in [1.807, 2.05) is 11.6 Å². The highest BCUT2D eigenvalue weighted by Crippen LogP contribution is 2.49. The van der Waals surface area contributed by atoms with Crippen molar-refractivity contribution >= 4 is 23.0 Å². The van der Waals surface area contributed by atoms with Crippen LogP contribution in [-0.4, -0.2) is 33.7 Å². The van der Waals surface area contributed by atoms with Crippen molar-refractivity contribution in [1.29, 1.82) is 0 Å². The Bertz CT molecular complexity index is 772. The molecule has 4 rings (SSSR count). The van der Waals surface area contributed by atoms with E-state index in [1.54, 1.807) is 6.07 Å². The summed E-state index contributed by atoms with van der Waals surface area (Å²) in [6.07, 6.45) is 2.68. The van der Waals surface area contributed by atoms with Crippen LogP contribution in [0.15, 0.2) is 18.2 Å². The lowest BCUT2D eigenvalue weighted by molar-refractivity contribution is -0.149. The number of imidazole rings is 1. The zero-order valence-electron chi connectivity index (χ0n) is 12.4. The zero-order valence-corrected chi connectivity index (χ0v) is 12.4. The van der Waals surface area contributed by atoms with E-state index in [-0.39, 0.29) is 11.7 Å². The van der Waals surface area contributed by atoms with Crippen molar-refractivity contribution in [2.45, 2.75) is 19.3 Å². The number of aryl methyl sites for hydroxylation is 1. The Kier molecular flexibility index (Phi) is 2.74. The minimum absolute atomic E-state index is 0.182. The third-order valence-corrected chi connectivity index (χ3v) is 5.40. The van der Waals surface area contributed by atoms with Gasteiger partial charge in [0, 0.05) is 20.1 Å². The Morgan fingerprint density at radius 3 is 3.05 bits per heavy atom. The largest absolute Gasteiger partial charge is 0.481 e. The van der Waals surface area contributed by atoms with Crippen LogP contribution in [0.3, 0.4) is 0 Å². The highest BCUT2D eigenvalue weighted by Gasteiger charge is 2.55. The average Bonchev–Trinajstić information content (AvgIpc) is 3.10. The summed E-state index contributed by atoms with van der Waals surface area (Å²) >= 11 is 0. The van der Waals surface area contributed by atoms with Crippen LogP contribution in [0.5, 0.6) is 0 Å². The lowest BCUT2D eigenvalue weighted by atomic mass is 9.81. The van der Waals surface area contributed by atoms with Gasteiger partial charge in [-0.1, -0.05) is 6.42 Å². The molecular formula is C16H18FN3O2. The maximum absolute atomic E-state index is 13.4. The molecule has 0 radical (unpaired) electrons. The number of anilines is 1. The van der Waals surface area contributed by atoms with E-state index >= 15 is 0 Å². The van der Waals surface area contributed by atoms with Crippen molar-refractivity contribution < 1.29 is 14.3 Å². The fourth-order valence-corrected chi connectivity index (χ4v) is 4.22. The molecule has 0 amide bonds. The maximum atomic E-state index is 13.4. The van der Waals surface area contributed by atoms with Gasteiger partial charge in [0.15, 0.2) is 0 Å². The van der Waals surface area contributed by atoms with Gasteiger partial charge in [-0.05, 0) is 37.0 Å². The van der Waals surface area contributed by atoms with Crippen LogP contribution < -0.4 is 4.90 Å². The fraction of sp³-hybridized carbons (Fsp3) is 0.500. The number of halogens is 1. The third kappa shape index (κ3) is 1.69. The van der Waals surface area contributed by atoms with E-state index in [2.05, 4.69) is 9.88 Å². The van der Waals surface area contributed by atoms with Crippen LogP contribution in [0.4, 0.5) is 10.3 Å². The Morgan fingerprint density at radius 2 is 2.32 bits per heavy atom. The molecule has 5 nitrogen and oxygen atoms in total. The zero-order chi connectivity index (χ0) is 15.5. The van der Waals surface area contributed by atoms with Crippen molar-refractivity contribution in [2.75, 3.05) is 18.0 Å². The van der Waals surface area contributed by atoms with Gasteiger partial charge in [0.05, 0.1) is 16.4 Å². The molecule has 0 unspecified atom stereocenters. The van der Waals surface area contributed by atoms with Crippen molar-refractivity contribution in [3.63, 3.8) is 0 Å². The van der Waals surface area contributed by atoms with E-state index < -0.39 is 11.4 Å². The summed E-state index contributed by atoms with van der Waals surface area (Å²) in [6, 6.07) is 4.53. The number of aromatic nitrogens is 2.